The number of rotatable bonds is 6. The number of aryl methyl sites for hydroxylation is 2. The van der Waals surface area contributed by atoms with Gasteiger partial charge in [0.05, 0.1) is 6.61 Å². The fourth-order valence-electron chi connectivity index (χ4n) is 2.13. The Morgan fingerprint density at radius 3 is 2.56 bits per heavy atom. The van der Waals surface area contributed by atoms with Gasteiger partial charge in [-0.05, 0) is 39.3 Å². The highest BCUT2D eigenvalue weighted by molar-refractivity contribution is 5.52. The molecule has 0 amide bonds. The van der Waals surface area contributed by atoms with Crippen LogP contribution in [0.5, 0.6) is 0 Å². The monoisotopic (exact) mass is 251 g/mol. The zero-order valence-electron chi connectivity index (χ0n) is 12.2. The molecule has 0 spiro atoms. The lowest BCUT2D eigenvalue weighted by molar-refractivity contribution is 0.203. The molecule has 0 aromatic carbocycles. The Morgan fingerprint density at radius 1 is 1.39 bits per heavy atom. The molecule has 102 valence electrons. The Labute approximate surface area is 110 Å². The first kappa shape index (κ1) is 14.9. The third-order valence-electron chi connectivity index (χ3n) is 3.09. The molecule has 0 aliphatic carbocycles. The molecule has 1 aromatic heterocycles. The van der Waals surface area contributed by atoms with E-state index in [1.807, 2.05) is 6.92 Å². The van der Waals surface area contributed by atoms with E-state index < -0.39 is 0 Å². The van der Waals surface area contributed by atoms with E-state index in [4.69, 9.17) is 10.5 Å². The third kappa shape index (κ3) is 3.43. The van der Waals surface area contributed by atoms with Crippen LogP contribution >= 0.6 is 0 Å². The van der Waals surface area contributed by atoms with Crippen LogP contribution in [0.1, 0.15) is 30.7 Å². The van der Waals surface area contributed by atoms with Gasteiger partial charge >= 0.3 is 0 Å². The summed E-state index contributed by atoms with van der Waals surface area (Å²) < 4.78 is 5.18. The maximum absolute atomic E-state index is 5.87. The Bertz CT molecular complexity index is 391. The van der Waals surface area contributed by atoms with Gasteiger partial charge in [-0.1, -0.05) is 0 Å². The Morgan fingerprint density at radius 2 is 2.06 bits per heavy atom. The highest BCUT2D eigenvalue weighted by atomic mass is 16.5. The molecule has 0 fully saturated rings. The standard InChI is InChI=1S/C14H25N3O/c1-10(2)17(6-7-18-5)14-13(9-15)11(3)8-12(4)16-14/h8,10H,6-7,9,15H2,1-5H3. The lowest BCUT2D eigenvalue weighted by Crippen LogP contribution is -2.36. The fraction of sp³-hybridized carbons (Fsp3) is 0.643. The topological polar surface area (TPSA) is 51.4 Å². The maximum Gasteiger partial charge on any atom is 0.133 e. The predicted octanol–water partition coefficient (Wildman–Crippen LogP) is 2.02. The van der Waals surface area contributed by atoms with Crippen LogP contribution in [0.25, 0.3) is 0 Å². The molecule has 2 N–H and O–H groups in total. The predicted molar refractivity (Wildman–Crippen MR) is 76.0 cm³/mol. The maximum atomic E-state index is 5.87. The highest BCUT2D eigenvalue weighted by Crippen LogP contribution is 2.23. The number of anilines is 1. The van der Waals surface area contributed by atoms with E-state index in [2.05, 4.69) is 36.7 Å². The molecule has 1 aromatic rings. The smallest absolute Gasteiger partial charge is 0.133 e. The second kappa shape index (κ2) is 6.71. The van der Waals surface area contributed by atoms with E-state index >= 15 is 0 Å². The highest BCUT2D eigenvalue weighted by Gasteiger charge is 2.17. The second-order valence-corrected chi connectivity index (χ2v) is 4.87. The van der Waals surface area contributed by atoms with Crippen molar-refractivity contribution in [2.45, 2.75) is 40.3 Å². The molecule has 1 heterocycles. The molecule has 4 nitrogen and oxygen atoms in total. The SMILES string of the molecule is COCCN(c1nc(C)cc(C)c1CN)C(C)C. The average molecular weight is 251 g/mol. The van der Waals surface area contributed by atoms with Gasteiger partial charge in [0, 0.05) is 37.5 Å². The molecule has 18 heavy (non-hydrogen) atoms. The van der Waals surface area contributed by atoms with E-state index in [0.717, 1.165) is 23.6 Å². The van der Waals surface area contributed by atoms with Crippen LogP contribution in [-0.4, -0.2) is 31.3 Å². The molecule has 0 radical (unpaired) electrons. The molecule has 0 unspecified atom stereocenters. The molecule has 0 atom stereocenters. The number of methoxy groups -OCH3 is 1. The van der Waals surface area contributed by atoms with Crippen molar-refractivity contribution in [1.29, 1.82) is 0 Å². The van der Waals surface area contributed by atoms with Gasteiger partial charge in [0.15, 0.2) is 0 Å². The number of nitrogens with two attached hydrogens (primary N) is 1. The van der Waals surface area contributed by atoms with E-state index in [1.54, 1.807) is 7.11 Å². The Balaban J connectivity index is 3.17. The van der Waals surface area contributed by atoms with Crippen molar-refractivity contribution in [3.05, 3.63) is 22.9 Å². The summed E-state index contributed by atoms with van der Waals surface area (Å²) in [5, 5.41) is 0. The van der Waals surface area contributed by atoms with Crippen molar-refractivity contribution in [3.8, 4) is 0 Å². The molecule has 0 saturated carbocycles. The van der Waals surface area contributed by atoms with E-state index in [9.17, 15) is 0 Å². The van der Waals surface area contributed by atoms with Gasteiger partial charge in [0.1, 0.15) is 5.82 Å². The molecule has 4 heteroatoms. The van der Waals surface area contributed by atoms with Crippen molar-refractivity contribution in [2.24, 2.45) is 5.73 Å². The Hall–Kier alpha value is -1.13. The summed E-state index contributed by atoms with van der Waals surface area (Å²) in [4.78, 5) is 6.93. The van der Waals surface area contributed by atoms with Crippen LogP contribution in [0.4, 0.5) is 5.82 Å². The molecule has 0 aliphatic heterocycles. The van der Waals surface area contributed by atoms with E-state index in [0.29, 0.717) is 19.2 Å². The lowest BCUT2D eigenvalue weighted by atomic mass is 10.1. The molecule has 0 bridgehead atoms. The minimum absolute atomic E-state index is 0.374. The Kier molecular flexibility index (Phi) is 5.56. The van der Waals surface area contributed by atoms with Crippen molar-refractivity contribution in [3.63, 3.8) is 0 Å². The van der Waals surface area contributed by atoms with Crippen LogP contribution in [0.15, 0.2) is 6.07 Å². The number of hydrogen-bond donors (Lipinski definition) is 1. The van der Waals surface area contributed by atoms with Gasteiger partial charge in [-0.25, -0.2) is 4.98 Å². The van der Waals surface area contributed by atoms with Crippen molar-refractivity contribution in [2.75, 3.05) is 25.2 Å². The first-order valence-corrected chi connectivity index (χ1v) is 6.44. The zero-order valence-corrected chi connectivity index (χ0v) is 12.2. The van der Waals surface area contributed by atoms with E-state index in [-0.39, 0.29) is 0 Å². The average Bonchev–Trinajstić information content (AvgIpc) is 2.28. The number of hydrogen-bond acceptors (Lipinski definition) is 4. The van der Waals surface area contributed by atoms with Gasteiger partial charge in [-0.15, -0.1) is 0 Å². The summed E-state index contributed by atoms with van der Waals surface area (Å²) >= 11 is 0. The summed E-state index contributed by atoms with van der Waals surface area (Å²) in [6.45, 7) is 10.5. The summed E-state index contributed by atoms with van der Waals surface area (Å²) in [6.07, 6.45) is 0. The van der Waals surface area contributed by atoms with Crippen LogP contribution in [0.2, 0.25) is 0 Å². The largest absolute Gasteiger partial charge is 0.383 e. The molecular weight excluding hydrogens is 226 g/mol. The minimum atomic E-state index is 0.374. The molecule has 0 aliphatic rings. The summed E-state index contributed by atoms with van der Waals surface area (Å²) in [7, 11) is 1.72. The van der Waals surface area contributed by atoms with Crippen molar-refractivity contribution < 1.29 is 4.74 Å². The summed E-state index contributed by atoms with van der Waals surface area (Å²) in [6, 6.07) is 2.46. The summed E-state index contributed by atoms with van der Waals surface area (Å²) in [5.41, 5.74) is 9.24. The first-order chi connectivity index (χ1) is 8.51. The van der Waals surface area contributed by atoms with Crippen LogP contribution in [0, 0.1) is 13.8 Å². The number of nitrogens with zero attached hydrogens (tertiary/aromatic N) is 2. The van der Waals surface area contributed by atoms with E-state index in [1.165, 1.54) is 5.56 Å². The van der Waals surface area contributed by atoms with Crippen LogP contribution in [-0.2, 0) is 11.3 Å². The number of pyridine rings is 1. The van der Waals surface area contributed by atoms with Gasteiger partial charge < -0.3 is 15.4 Å². The normalized spacial score (nSPS) is 11.1. The van der Waals surface area contributed by atoms with Gasteiger partial charge in [0.2, 0.25) is 0 Å². The van der Waals surface area contributed by atoms with Gasteiger partial charge in [-0.3, -0.25) is 0 Å². The lowest BCUT2D eigenvalue weighted by Gasteiger charge is -2.30. The summed E-state index contributed by atoms with van der Waals surface area (Å²) in [5.74, 6) is 1.00. The third-order valence-corrected chi connectivity index (χ3v) is 3.09. The molecule has 0 saturated heterocycles. The number of ether oxygens (including phenoxy) is 1. The number of aromatic nitrogens is 1. The van der Waals surface area contributed by atoms with Crippen molar-refractivity contribution >= 4 is 5.82 Å². The van der Waals surface area contributed by atoms with Crippen LogP contribution in [0.3, 0.4) is 0 Å². The second-order valence-electron chi connectivity index (χ2n) is 4.87. The molecular formula is C14H25N3O. The minimum Gasteiger partial charge on any atom is -0.383 e. The van der Waals surface area contributed by atoms with Gasteiger partial charge in [-0.2, -0.15) is 0 Å². The van der Waals surface area contributed by atoms with Crippen LogP contribution < -0.4 is 10.6 Å². The molecule has 1 rings (SSSR count). The zero-order chi connectivity index (χ0) is 13.7. The first-order valence-electron chi connectivity index (χ1n) is 6.44. The van der Waals surface area contributed by atoms with Crippen molar-refractivity contribution in [1.82, 2.24) is 4.98 Å². The van der Waals surface area contributed by atoms with Gasteiger partial charge in [0.25, 0.3) is 0 Å². The fourth-order valence-corrected chi connectivity index (χ4v) is 2.13. The quantitative estimate of drug-likeness (QED) is 0.840.